The maximum atomic E-state index is 13.3. The van der Waals surface area contributed by atoms with Gasteiger partial charge < -0.3 is 10.2 Å². The Morgan fingerprint density at radius 3 is 1.19 bits per heavy atom. The molecule has 0 saturated heterocycles. The third-order valence-electron chi connectivity index (χ3n) is 5.01. The van der Waals surface area contributed by atoms with Crippen molar-refractivity contribution >= 4 is 0 Å². The molecule has 0 aliphatic carbocycles. The highest BCUT2D eigenvalue weighted by Gasteiger charge is 2.44. The third kappa shape index (κ3) is 6.44. The van der Waals surface area contributed by atoms with E-state index in [2.05, 4.69) is 0 Å². The Morgan fingerprint density at radius 1 is 0.568 bits per heavy atom. The van der Waals surface area contributed by atoms with E-state index in [0.29, 0.717) is 0 Å². The fraction of sp³-hybridized carbons (Fsp3) is 0.333. The molecule has 16 heteroatoms. The van der Waals surface area contributed by atoms with E-state index in [-0.39, 0.29) is 30.3 Å². The van der Waals surface area contributed by atoms with Gasteiger partial charge in [-0.2, -0.15) is 63.2 Å². The van der Waals surface area contributed by atoms with Gasteiger partial charge in [-0.25, -0.2) is 0 Å². The Hall–Kier alpha value is -3.50. The number of aliphatic hydroxyl groups excluding tert-OH is 2. The molecule has 0 amide bonds. The summed E-state index contributed by atoms with van der Waals surface area (Å²) in [6, 6.07) is 1.10. The molecule has 0 heterocycles. The lowest BCUT2D eigenvalue weighted by Gasteiger charge is -2.25. The maximum Gasteiger partial charge on any atom is 0.417 e. The van der Waals surface area contributed by atoms with Gasteiger partial charge in [-0.1, -0.05) is 0 Å². The lowest BCUT2D eigenvalue weighted by molar-refractivity contribution is -0.145. The smallest absolute Gasteiger partial charge is 0.387 e. The molecule has 0 spiro atoms. The molecule has 4 nitrogen and oxygen atoms in total. The van der Waals surface area contributed by atoms with Gasteiger partial charge in [-0.05, 0) is 41.5 Å². The average molecular weight is 550 g/mol. The van der Waals surface area contributed by atoms with Crippen molar-refractivity contribution < 1.29 is 62.9 Å². The molecular weight excluding hydrogens is 540 g/mol. The van der Waals surface area contributed by atoms with Gasteiger partial charge in [0.2, 0.25) is 0 Å². The van der Waals surface area contributed by atoms with E-state index in [4.69, 9.17) is 5.26 Å². The molecule has 3 unspecified atom stereocenters. The van der Waals surface area contributed by atoms with Gasteiger partial charge in [0.15, 0.2) is 0 Å². The van der Waals surface area contributed by atoms with Crippen LogP contribution in [-0.4, -0.2) is 10.2 Å². The van der Waals surface area contributed by atoms with Crippen molar-refractivity contribution in [2.24, 2.45) is 5.92 Å². The second kappa shape index (κ2) is 9.75. The number of rotatable bonds is 4. The van der Waals surface area contributed by atoms with Crippen LogP contribution in [0.1, 0.15) is 51.2 Å². The van der Waals surface area contributed by atoms with Crippen LogP contribution in [0.2, 0.25) is 0 Å². The Morgan fingerprint density at radius 2 is 0.919 bits per heavy atom. The van der Waals surface area contributed by atoms with Crippen molar-refractivity contribution in [3.63, 3.8) is 0 Å². The molecule has 37 heavy (non-hydrogen) atoms. The first-order valence-electron chi connectivity index (χ1n) is 9.40. The highest BCUT2D eigenvalue weighted by molar-refractivity contribution is 5.50. The van der Waals surface area contributed by atoms with Crippen molar-refractivity contribution in [2.45, 2.75) is 36.9 Å². The normalized spacial score (nSPS) is 15.5. The summed E-state index contributed by atoms with van der Waals surface area (Å²) in [5, 5.41) is 38.8. The Bertz CT molecular complexity index is 1180. The van der Waals surface area contributed by atoms with Crippen LogP contribution in [0.4, 0.5) is 52.7 Å². The second-order valence-corrected chi connectivity index (χ2v) is 7.48. The zero-order valence-electron chi connectivity index (χ0n) is 17.4. The lowest BCUT2D eigenvalue weighted by Crippen LogP contribution is -2.23. The van der Waals surface area contributed by atoms with Gasteiger partial charge in [0.25, 0.3) is 0 Å². The first kappa shape index (κ1) is 29.7. The number of hydrogen-bond acceptors (Lipinski definition) is 4. The van der Waals surface area contributed by atoms with Crippen molar-refractivity contribution in [2.75, 3.05) is 0 Å². The van der Waals surface area contributed by atoms with Crippen LogP contribution in [-0.2, 0) is 24.7 Å². The molecule has 3 atom stereocenters. The second-order valence-electron chi connectivity index (χ2n) is 7.48. The largest absolute Gasteiger partial charge is 0.417 e. The Labute approximate surface area is 198 Å². The fourth-order valence-electron chi connectivity index (χ4n) is 3.28. The monoisotopic (exact) mass is 550 g/mol. The highest BCUT2D eigenvalue weighted by atomic mass is 19.4. The average Bonchev–Trinajstić information content (AvgIpc) is 2.75. The molecule has 0 saturated carbocycles. The van der Waals surface area contributed by atoms with Crippen molar-refractivity contribution in [3.8, 4) is 12.1 Å². The number of nitrogens with zero attached hydrogens (tertiary/aromatic N) is 2. The van der Waals surface area contributed by atoms with Gasteiger partial charge in [0.1, 0.15) is 12.0 Å². The van der Waals surface area contributed by atoms with E-state index in [1.165, 1.54) is 0 Å². The van der Waals surface area contributed by atoms with Crippen LogP contribution in [0.3, 0.4) is 0 Å². The van der Waals surface area contributed by atoms with Crippen molar-refractivity contribution in [3.05, 3.63) is 69.3 Å². The molecule has 0 aliphatic heterocycles. The number of alkyl halides is 12. The van der Waals surface area contributed by atoms with Gasteiger partial charge in [0, 0.05) is 0 Å². The van der Waals surface area contributed by atoms with Crippen LogP contribution in [0.5, 0.6) is 0 Å². The summed E-state index contributed by atoms with van der Waals surface area (Å²) in [5.74, 6) is -2.56. The molecule has 2 aromatic carbocycles. The van der Waals surface area contributed by atoms with Crippen LogP contribution in [0, 0.1) is 28.6 Å². The predicted octanol–water partition coefficient (Wildman–Crippen LogP) is 6.54. The fourth-order valence-corrected chi connectivity index (χ4v) is 3.28. The Balaban J connectivity index is 2.72. The van der Waals surface area contributed by atoms with Gasteiger partial charge in [0.05, 0.1) is 46.1 Å². The summed E-state index contributed by atoms with van der Waals surface area (Å²) < 4.78 is 159. The number of aliphatic hydroxyl groups is 2. The lowest BCUT2D eigenvalue weighted by atomic mass is 9.85. The molecule has 0 bridgehead atoms. The zero-order valence-corrected chi connectivity index (χ0v) is 17.4. The SMILES string of the molecule is N#Cc1c(C(F)(F)F)cc(C(O)C(C#N)C(O)c2cc(C(F)(F)F)cc(C(F)(F)F)c2)cc1C(F)(F)F. The number of hydrogen-bond donors (Lipinski definition) is 2. The quantitative estimate of drug-likeness (QED) is 0.424. The number of halogens is 12. The van der Waals surface area contributed by atoms with E-state index >= 15 is 0 Å². The van der Waals surface area contributed by atoms with Crippen LogP contribution < -0.4 is 0 Å². The van der Waals surface area contributed by atoms with Crippen molar-refractivity contribution in [1.29, 1.82) is 10.5 Å². The summed E-state index contributed by atoms with van der Waals surface area (Å²) in [4.78, 5) is 0. The molecule has 0 aromatic heterocycles. The molecule has 200 valence electrons. The zero-order chi connectivity index (χ0) is 28.7. The topological polar surface area (TPSA) is 88.0 Å². The van der Waals surface area contributed by atoms with Gasteiger partial charge in [-0.15, -0.1) is 0 Å². The molecule has 0 radical (unpaired) electrons. The summed E-state index contributed by atoms with van der Waals surface area (Å²) in [6.07, 6.45) is -27.5. The first-order chi connectivity index (χ1) is 16.6. The number of benzene rings is 2. The summed E-state index contributed by atoms with van der Waals surface area (Å²) >= 11 is 0. The molecule has 2 aromatic rings. The predicted molar refractivity (Wildman–Crippen MR) is 96.6 cm³/mol. The van der Waals surface area contributed by atoms with E-state index in [1.54, 1.807) is 0 Å². The maximum absolute atomic E-state index is 13.3. The summed E-state index contributed by atoms with van der Waals surface area (Å²) in [5.41, 5.74) is -12.8. The summed E-state index contributed by atoms with van der Waals surface area (Å²) in [7, 11) is 0. The summed E-state index contributed by atoms with van der Waals surface area (Å²) in [6.45, 7) is 0. The minimum absolute atomic E-state index is 0.0297. The van der Waals surface area contributed by atoms with Crippen LogP contribution in [0.15, 0.2) is 30.3 Å². The molecular formula is C21H10F12N2O2. The number of nitriles is 2. The molecule has 0 fully saturated rings. The minimum Gasteiger partial charge on any atom is -0.387 e. The first-order valence-corrected chi connectivity index (χ1v) is 9.40. The standard InChI is InChI=1S/C21H10F12N2O2/c22-18(23,24)10-1-8(2-11(5-10)19(25,26)27)16(36)13(7-35)17(37)9-3-14(20(28,29)30)12(6-34)15(4-9)21(31,32)33/h1-5,13,16-17,36-37H. The van der Waals surface area contributed by atoms with Crippen molar-refractivity contribution in [1.82, 2.24) is 0 Å². The van der Waals surface area contributed by atoms with E-state index in [9.17, 15) is 68.2 Å². The van der Waals surface area contributed by atoms with E-state index in [0.717, 1.165) is 12.1 Å². The van der Waals surface area contributed by atoms with Gasteiger partial charge in [-0.3, -0.25) is 0 Å². The third-order valence-corrected chi connectivity index (χ3v) is 5.01. The Kier molecular flexibility index (Phi) is 7.84. The van der Waals surface area contributed by atoms with Gasteiger partial charge >= 0.3 is 24.7 Å². The highest BCUT2D eigenvalue weighted by Crippen LogP contribution is 2.44. The van der Waals surface area contributed by atoms with E-state index in [1.807, 2.05) is 0 Å². The minimum atomic E-state index is -5.59. The molecule has 0 aliphatic rings. The van der Waals surface area contributed by atoms with Crippen LogP contribution >= 0.6 is 0 Å². The molecule has 2 N–H and O–H groups in total. The van der Waals surface area contributed by atoms with Crippen LogP contribution in [0.25, 0.3) is 0 Å². The van der Waals surface area contributed by atoms with E-state index < -0.39 is 81.8 Å². The molecule has 2 rings (SSSR count).